The van der Waals surface area contributed by atoms with Crippen molar-refractivity contribution < 1.29 is 22.3 Å². The minimum Gasteiger partial charge on any atom is -0.365 e. The Bertz CT molecular complexity index is 765. The number of carbonyl (C=O) groups excluding carboxylic acids is 1. The predicted molar refractivity (Wildman–Crippen MR) is 88.5 cm³/mol. The predicted octanol–water partition coefficient (Wildman–Crippen LogP) is 2.63. The molecule has 0 heterocycles. The van der Waals surface area contributed by atoms with E-state index in [2.05, 4.69) is 0 Å². The first-order valence-corrected chi connectivity index (χ1v) is 9.74. The topological polar surface area (TPSA) is 96.3 Å². The van der Waals surface area contributed by atoms with Crippen molar-refractivity contribution in [3.05, 3.63) is 29.6 Å². The molecule has 136 valence electrons. The number of nitriles is 1. The highest BCUT2D eigenvalue weighted by Gasteiger charge is 2.27. The largest absolute Gasteiger partial charge is 0.365 e. The lowest BCUT2D eigenvalue weighted by atomic mass is 10.1. The Hall–Kier alpha value is -1.98. The van der Waals surface area contributed by atoms with E-state index in [1.807, 2.05) is 4.72 Å². The molecule has 6 nitrogen and oxygen atoms in total. The van der Waals surface area contributed by atoms with Gasteiger partial charge in [-0.2, -0.15) is 5.26 Å². The van der Waals surface area contributed by atoms with Crippen LogP contribution in [0, 0.1) is 17.1 Å². The number of carbonyl (C=O) groups is 1. The average molecular weight is 368 g/mol. The summed E-state index contributed by atoms with van der Waals surface area (Å²) in [4.78, 5) is 11.6. The monoisotopic (exact) mass is 368 g/mol. The molecular weight excluding hydrogens is 347 g/mol. The van der Waals surface area contributed by atoms with Gasteiger partial charge in [0.15, 0.2) is 0 Å². The summed E-state index contributed by atoms with van der Waals surface area (Å²) in [5.41, 5.74) is -0.625. The van der Waals surface area contributed by atoms with Crippen LogP contribution in [0.5, 0.6) is 0 Å². The lowest BCUT2D eigenvalue weighted by Crippen LogP contribution is -2.40. The molecule has 0 aliphatic heterocycles. The fourth-order valence-electron chi connectivity index (χ4n) is 2.84. The lowest BCUT2D eigenvalue weighted by Gasteiger charge is -2.20. The lowest BCUT2D eigenvalue weighted by molar-refractivity contribution is -0.133. The summed E-state index contributed by atoms with van der Waals surface area (Å²) < 4.78 is 45.8. The van der Waals surface area contributed by atoms with Gasteiger partial charge < -0.3 is 4.74 Å². The van der Waals surface area contributed by atoms with Crippen molar-refractivity contribution in [3.8, 4) is 6.07 Å². The third-order valence-corrected chi connectivity index (χ3v) is 5.57. The van der Waals surface area contributed by atoms with Gasteiger partial charge in [0, 0.05) is 0 Å². The van der Waals surface area contributed by atoms with Gasteiger partial charge in [-0.05, 0) is 31.9 Å². The fourth-order valence-corrected chi connectivity index (χ4v) is 4.05. The van der Waals surface area contributed by atoms with Crippen LogP contribution in [-0.2, 0) is 19.6 Å². The number of rotatable bonds is 5. The van der Waals surface area contributed by atoms with Gasteiger partial charge in [-0.15, -0.1) is 0 Å². The van der Waals surface area contributed by atoms with E-state index < -0.39 is 38.3 Å². The summed E-state index contributed by atoms with van der Waals surface area (Å²) in [5, 5.41) is 8.96. The SMILES string of the molecule is CC(OC1CCCCCC1)C(=O)NS(=O)(=O)c1cccc(F)c1C#N. The Morgan fingerprint density at radius 1 is 1.32 bits per heavy atom. The Morgan fingerprint density at radius 2 is 1.96 bits per heavy atom. The van der Waals surface area contributed by atoms with Crippen LogP contribution in [0.3, 0.4) is 0 Å². The standard InChI is InChI=1S/C17H21FN2O4S/c1-12(24-13-7-4-2-3-5-8-13)17(21)20-25(22,23)16-10-6-9-15(18)14(16)11-19/h6,9-10,12-13H,2-5,7-8H2,1H3,(H,20,21). The molecule has 1 aromatic carbocycles. The van der Waals surface area contributed by atoms with Crippen molar-refractivity contribution in [1.29, 1.82) is 5.26 Å². The zero-order valence-corrected chi connectivity index (χ0v) is 14.8. The van der Waals surface area contributed by atoms with Gasteiger partial charge in [0.2, 0.25) is 0 Å². The number of hydrogen-bond acceptors (Lipinski definition) is 5. The second-order valence-corrected chi connectivity index (χ2v) is 7.74. The molecule has 0 saturated heterocycles. The molecule has 1 atom stereocenters. The highest BCUT2D eigenvalue weighted by molar-refractivity contribution is 7.90. The number of benzene rings is 1. The van der Waals surface area contributed by atoms with Crippen LogP contribution in [0.4, 0.5) is 4.39 Å². The van der Waals surface area contributed by atoms with E-state index in [-0.39, 0.29) is 6.10 Å². The van der Waals surface area contributed by atoms with Crippen LogP contribution in [0.15, 0.2) is 23.1 Å². The van der Waals surface area contributed by atoms with Crippen LogP contribution in [-0.4, -0.2) is 26.5 Å². The second-order valence-electron chi connectivity index (χ2n) is 6.09. The molecule has 1 saturated carbocycles. The quantitative estimate of drug-likeness (QED) is 0.806. The summed E-state index contributed by atoms with van der Waals surface area (Å²) in [6, 6.07) is 4.74. The summed E-state index contributed by atoms with van der Waals surface area (Å²) in [7, 11) is -4.36. The van der Waals surface area contributed by atoms with E-state index in [0.717, 1.165) is 50.7 Å². The molecule has 0 radical (unpaired) electrons. The van der Waals surface area contributed by atoms with Gasteiger partial charge in [-0.1, -0.05) is 31.7 Å². The number of nitrogens with zero attached hydrogens (tertiary/aromatic N) is 1. The molecule has 0 aromatic heterocycles. The van der Waals surface area contributed by atoms with Crippen LogP contribution in [0.25, 0.3) is 0 Å². The molecule has 0 spiro atoms. The van der Waals surface area contributed by atoms with Gasteiger partial charge in [-0.3, -0.25) is 4.79 Å². The Kier molecular flexibility index (Phi) is 6.51. The molecule has 1 unspecified atom stereocenters. The molecule has 0 bridgehead atoms. The molecule has 25 heavy (non-hydrogen) atoms. The van der Waals surface area contributed by atoms with Gasteiger partial charge >= 0.3 is 0 Å². The highest BCUT2D eigenvalue weighted by Crippen LogP contribution is 2.22. The summed E-state index contributed by atoms with van der Waals surface area (Å²) in [6.07, 6.45) is 4.95. The van der Waals surface area contributed by atoms with Crippen molar-refractivity contribution >= 4 is 15.9 Å². The van der Waals surface area contributed by atoms with E-state index in [9.17, 15) is 17.6 Å². The molecule has 1 aliphatic rings. The van der Waals surface area contributed by atoms with Gasteiger partial charge in [-0.25, -0.2) is 17.5 Å². The number of halogens is 1. The fraction of sp³-hybridized carbons (Fsp3) is 0.529. The van der Waals surface area contributed by atoms with Crippen molar-refractivity contribution in [1.82, 2.24) is 4.72 Å². The number of nitrogens with one attached hydrogen (secondary N) is 1. The average Bonchev–Trinajstić information content (AvgIpc) is 2.82. The first kappa shape index (κ1) is 19.3. The van der Waals surface area contributed by atoms with E-state index in [0.29, 0.717) is 0 Å². The van der Waals surface area contributed by atoms with Crippen LogP contribution >= 0.6 is 0 Å². The van der Waals surface area contributed by atoms with Gasteiger partial charge in [0.05, 0.1) is 6.10 Å². The molecule has 1 aromatic rings. The number of ether oxygens (including phenoxy) is 1. The Morgan fingerprint density at radius 3 is 2.56 bits per heavy atom. The van der Waals surface area contributed by atoms with E-state index >= 15 is 0 Å². The third-order valence-electron chi connectivity index (χ3n) is 4.18. The van der Waals surface area contributed by atoms with Crippen molar-refractivity contribution in [3.63, 3.8) is 0 Å². The zero-order chi connectivity index (χ0) is 18.4. The molecule has 1 aliphatic carbocycles. The maximum absolute atomic E-state index is 13.6. The molecule has 8 heteroatoms. The van der Waals surface area contributed by atoms with Crippen LogP contribution in [0.2, 0.25) is 0 Å². The Labute approximate surface area is 147 Å². The van der Waals surface area contributed by atoms with Gasteiger partial charge in [0.1, 0.15) is 28.4 Å². The summed E-state index contributed by atoms with van der Waals surface area (Å²) in [6.45, 7) is 1.48. The third kappa shape index (κ3) is 5.00. The zero-order valence-electron chi connectivity index (χ0n) is 14.0. The minimum atomic E-state index is -4.36. The van der Waals surface area contributed by atoms with E-state index in [4.69, 9.17) is 10.00 Å². The normalized spacial score (nSPS) is 17.3. The first-order valence-electron chi connectivity index (χ1n) is 8.26. The first-order chi connectivity index (χ1) is 11.8. The summed E-state index contributed by atoms with van der Waals surface area (Å²) in [5.74, 6) is -1.79. The molecule has 1 N–H and O–H groups in total. The van der Waals surface area contributed by atoms with Gasteiger partial charge in [0.25, 0.3) is 15.9 Å². The van der Waals surface area contributed by atoms with Crippen molar-refractivity contribution in [2.24, 2.45) is 0 Å². The maximum atomic E-state index is 13.6. The number of sulfonamides is 1. The molecule has 2 rings (SSSR count). The maximum Gasteiger partial charge on any atom is 0.265 e. The van der Waals surface area contributed by atoms with Crippen LogP contribution in [0.1, 0.15) is 51.0 Å². The number of hydrogen-bond donors (Lipinski definition) is 1. The summed E-state index contributed by atoms with van der Waals surface area (Å²) >= 11 is 0. The highest BCUT2D eigenvalue weighted by atomic mass is 32.2. The molecule has 1 fully saturated rings. The van der Waals surface area contributed by atoms with E-state index in [1.54, 1.807) is 0 Å². The van der Waals surface area contributed by atoms with Crippen LogP contribution < -0.4 is 4.72 Å². The second kappa shape index (κ2) is 8.41. The molecule has 1 amide bonds. The van der Waals surface area contributed by atoms with Crippen molar-refractivity contribution in [2.45, 2.75) is 62.6 Å². The minimum absolute atomic E-state index is 0.0743. The molecular formula is C17H21FN2O4S. The Balaban J connectivity index is 2.08. The smallest absolute Gasteiger partial charge is 0.265 e. The van der Waals surface area contributed by atoms with E-state index in [1.165, 1.54) is 19.1 Å². The number of amides is 1. The van der Waals surface area contributed by atoms with Crippen molar-refractivity contribution in [2.75, 3.05) is 0 Å².